The van der Waals surface area contributed by atoms with E-state index in [0.29, 0.717) is 10.2 Å². The molecule has 102 valence electrons. The van der Waals surface area contributed by atoms with Crippen molar-refractivity contribution in [3.05, 3.63) is 52.0 Å². The lowest BCUT2D eigenvalue weighted by molar-refractivity contribution is 0.442. The predicted molar refractivity (Wildman–Crippen MR) is 79.9 cm³/mol. The molecule has 3 rings (SSSR count). The third kappa shape index (κ3) is 2.39. The molecule has 0 saturated carbocycles. The molecule has 20 heavy (non-hydrogen) atoms. The molecule has 0 saturated heterocycles. The summed E-state index contributed by atoms with van der Waals surface area (Å²) in [7, 11) is 1.90. The second kappa shape index (κ2) is 5.07. The average Bonchev–Trinajstić information content (AvgIpc) is 2.75. The first-order chi connectivity index (χ1) is 9.54. The van der Waals surface area contributed by atoms with Gasteiger partial charge >= 0.3 is 0 Å². The third-order valence-corrected chi connectivity index (χ3v) is 3.62. The number of halogens is 3. The van der Waals surface area contributed by atoms with E-state index < -0.39 is 5.82 Å². The van der Waals surface area contributed by atoms with Gasteiger partial charge in [-0.05, 0) is 24.3 Å². The highest BCUT2D eigenvalue weighted by Gasteiger charge is 2.12. The maximum Gasteiger partial charge on any atom is 0.181 e. The number of rotatable bonds is 2. The van der Waals surface area contributed by atoms with Crippen LogP contribution >= 0.6 is 27.5 Å². The number of hydrogen-bond donors (Lipinski definition) is 0. The molecule has 0 aliphatic heterocycles. The van der Waals surface area contributed by atoms with Crippen molar-refractivity contribution in [2.24, 2.45) is 7.05 Å². The van der Waals surface area contributed by atoms with E-state index in [-0.39, 0.29) is 10.8 Å². The van der Waals surface area contributed by atoms with Gasteiger partial charge in [0, 0.05) is 17.6 Å². The molecular formula is C14H9BrClFN2O. The fraction of sp³-hybridized carbons (Fsp3) is 0.0714. The number of imidazole rings is 1. The molecule has 0 N–H and O–H groups in total. The van der Waals surface area contributed by atoms with Gasteiger partial charge in [0.05, 0.1) is 22.4 Å². The van der Waals surface area contributed by atoms with Crippen LogP contribution in [0, 0.1) is 5.82 Å². The van der Waals surface area contributed by atoms with E-state index in [1.807, 2.05) is 17.7 Å². The molecule has 1 heterocycles. The minimum Gasteiger partial charge on any atom is -0.453 e. The van der Waals surface area contributed by atoms with E-state index in [4.69, 9.17) is 16.3 Å². The zero-order valence-electron chi connectivity index (χ0n) is 10.4. The molecule has 6 heteroatoms. The number of hydrogen-bond acceptors (Lipinski definition) is 2. The van der Waals surface area contributed by atoms with Crippen LogP contribution in [-0.2, 0) is 7.05 Å². The monoisotopic (exact) mass is 354 g/mol. The number of fused-ring (bicyclic) bond motifs is 1. The van der Waals surface area contributed by atoms with Crippen LogP contribution in [0.3, 0.4) is 0 Å². The standard InChI is InChI=1S/C14H9BrClFN2O/c1-19-7-18-12-6-9(2-3-13(12)19)20-14-10(16)4-8(15)5-11(14)17/h2-7H,1H3. The Morgan fingerprint density at radius 2 is 2.10 bits per heavy atom. The highest BCUT2D eigenvalue weighted by molar-refractivity contribution is 9.10. The van der Waals surface area contributed by atoms with E-state index in [1.54, 1.807) is 24.5 Å². The molecule has 2 aromatic carbocycles. The van der Waals surface area contributed by atoms with Gasteiger partial charge in [-0.2, -0.15) is 0 Å². The van der Waals surface area contributed by atoms with Crippen LogP contribution in [0.5, 0.6) is 11.5 Å². The van der Waals surface area contributed by atoms with Crippen molar-refractivity contribution in [2.45, 2.75) is 0 Å². The summed E-state index contributed by atoms with van der Waals surface area (Å²) < 4.78 is 21.8. The average molecular weight is 356 g/mol. The first kappa shape index (κ1) is 13.4. The van der Waals surface area contributed by atoms with Crippen LogP contribution in [-0.4, -0.2) is 9.55 Å². The highest BCUT2D eigenvalue weighted by Crippen LogP contribution is 2.35. The summed E-state index contributed by atoms with van der Waals surface area (Å²) in [6.45, 7) is 0. The Bertz CT molecular complexity index is 780. The molecule has 3 aromatic rings. The van der Waals surface area contributed by atoms with Crippen molar-refractivity contribution in [1.82, 2.24) is 9.55 Å². The molecule has 1 aromatic heterocycles. The third-order valence-electron chi connectivity index (χ3n) is 2.88. The largest absolute Gasteiger partial charge is 0.453 e. The SMILES string of the molecule is Cn1cnc2cc(Oc3c(F)cc(Br)cc3Cl)ccc21. The van der Waals surface area contributed by atoms with Crippen LogP contribution < -0.4 is 4.74 Å². The van der Waals surface area contributed by atoms with Gasteiger partial charge in [0.2, 0.25) is 0 Å². The van der Waals surface area contributed by atoms with E-state index in [0.717, 1.165) is 11.0 Å². The van der Waals surface area contributed by atoms with E-state index in [9.17, 15) is 4.39 Å². The Kier molecular flexibility index (Phi) is 3.40. The Balaban J connectivity index is 2.01. The van der Waals surface area contributed by atoms with Crippen LogP contribution in [0.2, 0.25) is 5.02 Å². The Labute approximate surface area is 128 Å². The Morgan fingerprint density at radius 3 is 2.85 bits per heavy atom. The van der Waals surface area contributed by atoms with Gasteiger partial charge in [-0.15, -0.1) is 0 Å². The fourth-order valence-corrected chi connectivity index (χ4v) is 2.73. The molecule has 0 amide bonds. The highest BCUT2D eigenvalue weighted by atomic mass is 79.9. The zero-order chi connectivity index (χ0) is 14.3. The maximum atomic E-state index is 13.9. The van der Waals surface area contributed by atoms with Crippen molar-refractivity contribution in [3.8, 4) is 11.5 Å². The minimum atomic E-state index is -0.523. The van der Waals surface area contributed by atoms with Crippen molar-refractivity contribution in [1.29, 1.82) is 0 Å². The molecule has 3 nitrogen and oxygen atoms in total. The number of nitrogens with zero attached hydrogens (tertiary/aromatic N) is 2. The molecule has 0 unspecified atom stereocenters. The molecule has 0 spiro atoms. The number of aryl methyl sites for hydroxylation is 1. The minimum absolute atomic E-state index is 0.00477. The summed E-state index contributed by atoms with van der Waals surface area (Å²) in [6.07, 6.45) is 1.71. The maximum absolute atomic E-state index is 13.9. The van der Waals surface area contributed by atoms with E-state index in [1.165, 1.54) is 6.07 Å². The summed E-state index contributed by atoms with van der Waals surface area (Å²) in [5.41, 5.74) is 1.75. The Hall–Kier alpha value is -1.59. The van der Waals surface area contributed by atoms with Crippen LogP contribution in [0.4, 0.5) is 4.39 Å². The second-order valence-electron chi connectivity index (χ2n) is 4.31. The van der Waals surface area contributed by atoms with Crippen LogP contribution in [0.15, 0.2) is 41.1 Å². The van der Waals surface area contributed by atoms with Gasteiger partial charge in [0.15, 0.2) is 11.6 Å². The summed E-state index contributed by atoms with van der Waals surface area (Å²) in [5, 5.41) is 0.206. The molecule has 0 radical (unpaired) electrons. The lowest BCUT2D eigenvalue weighted by Crippen LogP contribution is -1.90. The molecule has 0 aliphatic rings. The van der Waals surface area contributed by atoms with Gasteiger partial charge in [-0.25, -0.2) is 9.37 Å². The van der Waals surface area contributed by atoms with Gasteiger partial charge in [0.1, 0.15) is 5.75 Å². The topological polar surface area (TPSA) is 27.1 Å². The predicted octanol–water partition coefficient (Wildman–Crippen LogP) is 4.92. The zero-order valence-corrected chi connectivity index (χ0v) is 12.7. The molecule has 0 bridgehead atoms. The summed E-state index contributed by atoms with van der Waals surface area (Å²) >= 11 is 9.17. The van der Waals surface area contributed by atoms with E-state index >= 15 is 0 Å². The normalized spacial score (nSPS) is 11.0. The summed E-state index contributed by atoms with van der Waals surface area (Å²) in [5.74, 6) is -0.0324. The quantitative estimate of drug-likeness (QED) is 0.652. The Morgan fingerprint density at radius 1 is 1.30 bits per heavy atom. The number of aromatic nitrogens is 2. The lowest BCUT2D eigenvalue weighted by atomic mass is 10.3. The fourth-order valence-electron chi connectivity index (χ4n) is 1.92. The summed E-state index contributed by atoms with van der Waals surface area (Å²) in [6, 6.07) is 8.25. The van der Waals surface area contributed by atoms with Crippen LogP contribution in [0.25, 0.3) is 11.0 Å². The van der Waals surface area contributed by atoms with Crippen molar-refractivity contribution in [3.63, 3.8) is 0 Å². The first-order valence-corrected chi connectivity index (χ1v) is 6.95. The summed E-state index contributed by atoms with van der Waals surface area (Å²) in [4.78, 5) is 4.23. The van der Waals surface area contributed by atoms with Gasteiger partial charge < -0.3 is 9.30 Å². The van der Waals surface area contributed by atoms with Gasteiger partial charge in [-0.1, -0.05) is 27.5 Å². The molecular weight excluding hydrogens is 347 g/mol. The number of ether oxygens (including phenoxy) is 1. The molecule has 0 aliphatic carbocycles. The van der Waals surface area contributed by atoms with Crippen molar-refractivity contribution >= 4 is 38.6 Å². The lowest BCUT2D eigenvalue weighted by Gasteiger charge is -2.09. The molecule has 0 fully saturated rings. The van der Waals surface area contributed by atoms with Crippen molar-refractivity contribution in [2.75, 3.05) is 0 Å². The van der Waals surface area contributed by atoms with Gasteiger partial charge in [-0.3, -0.25) is 0 Å². The molecule has 0 atom stereocenters. The smallest absolute Gasteiger partial charge is 0.181 e. The first-order valence-electron chi connectivity index (χ1n) is 5.78. The number of benzene rings is 2. The van der Waals surface area contributed by atoms with Gasteiger partial charge in [0.25, 0.3) is 0 Å². The van der Waals surface area contributed by atoms with Crippen LogP contribution in [0.1, 0.15) is 0 Å². The van der Waals surface area contributed by atoms with E-state index in [2.05, 4.69) is 20.9 Å². The second-order valence-corrected chi connectivity index (χ2v) is 5.63. The van der Waals surface area contributed by atoms with Crippen molar-refractivity contribution < 1.29 is 9.13 Å².